The van der Waals surface area contributed by atoms with Gasteiger partial charge in [0.05, 0.1) is 0 Å². The van der Waals surface area contributed by atoms with E-state index in [0.717, 1.165) is 39.0 Å². The van der Waals surface area contributed by atoms with Crippen LogP contribution < -0.4 is 5.73 Å². The molecule has 0 bridgehead atoms. The summed E-state index contributed by atoms with van der Waals surface area (Å²) in [5, 5.41) is 0. The van der Waals surface area contributed by atoms with Crippen LogP contribution in [-0.4, -0.2) is 19.8 Å². The molecule has 0 unspecified atom stereocenters. The van der Waals surface area contributed by atoms with Crippen molar-refractivity contribution in [1.29, 1.82) is 0 Å². The third-order valence-electron chi connectivity index (χ3n) is 2.63. The van der Waals surface area contributed by atoms with Crippen LogP contribution in [0.1, 0.15) is 19.3 Å². The van der Waals surface area contributed by atoms with E-state index in [1.54, 1.807) is 5.54 Å². The number of hydrogen-bond acceptors (Lipinski definition) is 2. The average Bonchev–Trinajstić information content (AvgIpc) is 2.16. The summed E-state index contributed by atoms with van der Waals surface area (Å²) in [4.78, 5) is 0. The normalized spacial score (nSPS) is 23.2. The van der Waals surface area contributed by atoms with Crippen LogP contribution in [0, 0.1) is 5.41 Å². The van der Waals surface area contributed by atoms with Gasteiger partial charge in [0.1, 0.15) is 0 Å². The average molecular weight is 190 g/mol. The third kappa shape index (κ3) is 2.47. The molecule has 0 aromatic carbocycles. The zero-order chi connectivity index (χ0) is 8.86. The summed E-state index contributed by atoms with van der Waals surface area (Å²) in [5.41, 5.74) is 7.58. The van der Waals surface area contributed by atoms with Gasteiger partial charge in [-0.3, -0.25) is 0 Å². The lowest BCUT2D eigenvalue weighted by Crippen LogP contribution is -2.36. The minimum Gasteiger partial charge on any atom is -0.381 e. The van der Waals surface area contributed by atoms with Gasteiger partial charge in [0, 0.05) is 18.7 Å². The van der Waals surface area contributed by atoms with E-state index in [1.165, 1.54) is 0 Å². The first kappa shape index (κ1) is 10.0. The molecule has 0 saturated carbocycles. The molecule has 0 amide bonds. The predicted molar refractivity (Wildman–Crippen MR) is 51.2 cm³/mol. The Balaban J connectivity index is 2.47. The van der Waals surface area contributed by atoms with Crippen molar-refractivity contribution in [2.45, 2.75) is 19.3 Å². The molecule has 0 radical (unpaired) electrons. The Labute approximate surface area is 78.7 Å². The van der Waals surface area contributed by atoms with Gasteiger partial charge in [-0.25, -0.2) is 0 Å². The monoisotopic (exact) mass is 189 g/mol. The van der Waals surface area contributed by atoms with Crippen LogP contribution in [0.2, 0.25) is 0 Å². The summed E-state index contributed by atoms with van der Waals surface area (Å²) in [5.74, 6) is 0. The zero-order valence-electron chi connectivity index (χ0n) is 7.26. The van der Waals surface area contributed by atoms with Gasteiger partial charge in [-0.15, -0.1) is 0 Å². The van der Waals surface area contributed by atoms with Gasteiger partial charge in [-0.2, -0.15) is 0 Å². The lowest BCUT2D eigenvalue weighted by atomic mass is 9.77. The lowest BCUT2D eigenvalue weighted by Gasteiger charge is -2.35. The van der Waals surface area contributed by atoms with Crippen molar-refractivity contribution in [3.05, 3.63) is 11.6 Å². The summed E-state index contributed by atoms with van der Waals surface area (Å²) in [6, 6.07) is 0. The molecule has 1 heterocycles. The molecule has 1 aliphatic heterocycles. The molecule has 2 nitrogen and oxygen atoms in total. The Morgan fingerprint density at radius 3 is 2.58 bits per heavy atom. The van der Waals surface area contributed by atoms with Gasteiger partial charge in [0.2, 0.25) is 0 Å². The Hall–Kier alpha value is -0.0500. The fraction of sp³-hybridized carbons (Fsp3) is 0.778. The van der Waals surface area contributed by atoms with E-state index < -0.39 is 0 Å². The number of nitrogens with two attached hydrogens (primary N) is 1. The molecule has 0 atom stereocenters. The van der Waals surface area contributed by atoms with Crippen LogP contribution in [-0.2, 0) is 4.74 Å². The van der Waals surface area contributed by atoms with Crippen LogP contribution in [0.5, 0.6) is 0 Å². The molecule has 3 heteroatoms. The van der Waals surface area contributed by atoms with Crippen molar-refractivity contribution < 1.29 is 4.74 Å². The number of allylic oxidation sites excluding steroid dienone is 1. The van der Waals surface area contributed by atoms with Gasteiger partial charge in [-0.1, -0.05) is 17.7 Å². The van der Waals surface area contributed by atoms with E-state index in [2.05, 4.69) is 0 Å². The van der Waals surface area contributed by atoms with Crippen LogP contribution in [0.15, 0.2) is 11.6 Å². The molecular formula is C9H16ClNO. The van der Waals surface area contributed by atoms with Crippen molar-refractivity contribution in [2.75, 3.05) is 19.8 Å². The second kappa shape index (κ2) is 4.85. The minimum absolute atomic E-state index is 0.254. The molecule has 1 rings (SSSR count). The Kier molecular flexibility index (Phi) is 4.06. The molecule has 1 fully saturated rings. The highest BCUT2D eigenvalue weighted by Crippen LogP contribution is 2.33. The van der Waals surface area contributed by atoms with Crippen molar-refractivity contribution >= 4 is 11.6 Å². The van der Waals surface area contributed by atoms with Crippen molar-refractivity contribution in [2.24, 2.45) is 11.1 Å². The van der Waals surface area contributed by atoms with Crippen LogP contribution in [0.25, 0.3) is 0 Å². The smallest absolute Gasteiger partial charge is 0.0471 e. The fourth-order valence-corrected chi connectivity index (χ4v) is 1.68. The minimum atomic E-state index is 0.254. The third-order valence-corrected chi connectivity index (χ3v) is 2.80. The summed E-state index contributed by atoms with van der Waals surface area (Å²) in [7, 11) is 0. The highest BCUT2D eigenvalue weighted by molar-refractivity contribution is 6.25. The summed E-state index contributed by atoms with van der Waals surface area (Å²) >= 11 is 5.49. The molecule has 0 aromatic heterocycles. The SMILES string of the molecule is NCC1(C/C=C/Cl)CCOCC1. The number of rotatable bonds is 3. The Bertz CT molecular complexity index is 153. The van der Waals surface area contributed by atoms with Crippen LogP contribution in [0.3, 0.4) is 0 Å². The Morgan fingerprint density at radius 1 is 1.42 bits per heavy atom. The molecule has 70 valence electrons. The van der Waals surface area contributed by atoms with E-state index in [9.17, 15) is 0 Å². The first-order valence-corrected chi connectivity index (χ1v) is 4.80. The largest absolute Gasteiger partial charge is 0.381 e. The molecule has 1 saturated heterocycles. The molecule has 12 heavy (non-hydrogen) atoms. The standard InChI is InChI=1S/C9H16ClNO/c10-5-1-2-9(8-11)3-6-12-7-4-9/h1,5H,2-4,6-8,11H2/b5-1+. The quantitative estimate of drug-likeness (QED) is 0.736. The molecule has 0 spiro atoms. The molecule has 1 aliphatic rings. The summed E-state index contributed by atoms with van der Waals surface area (Å²) < 4.78 is 5.29. The topological polar surface area (TPSA) is 35.2 Å². The van der Waals surface area contributed by atoms with E-state index >= 15 is 0 Å². The number of ether oxygens (including phenoxy) is 1. The van der Waals surface area contributed by atoms with Crippen molar-refractivity contribution in [3.8, 4) is 0 Å². The van der Waals surface area contributed by atoms with Crippen molar-refractivity contribution in [1.82, 2.24) is 0 Å². The molecule has 0 aliphatic carbocycles. The fourth-order valence-electron chi connectivity index (χ4n) is 1.59. The van der Waals surface area contributed by atoms with Crippen LogP contribution in [0.4, 0.5) is 0 Å². The highest BCUT2D eigenvalue weighted by atomic mass is 35.5. The molecule has 2 N–H and O–H groups in total. The first-order valence-electron chi connectivity index (χ1n) is 4.36. The second-order valence-electron chi connectivity index (χ2n) is 3.38. The zero-order valence-corrected chi connectivity index (χ0v) is 8.02. The highest BCUT2D eigenvalue weighted by Gasteiger charge is 2.29. The van der Waals surface area contributed by atoms with E-state index in [-0.39, 0.29) is 5.41 Å². The summed E-state index contributed by atoms with van der Waals surface area (Å²) in [6.45, 7) is 2.41. The maximum absolute atomic E-state index is 5.75. The van der Waals surface area contributed by atoms with Gasteiger partial charge >= 0.3 is 0 Å². The van der Waals surface area contributed by atoms with E-state index in [0.29, 0.717) is 0 Å². The van der Waals surface area contributed by atoms with Gasteiger partial charge in [0.25, 0.3) is 0 Å². The van der Waals surface area contributed by atoms with E-state index in [1.807, 2.05) is 6.08 Å². The second-order valence-corrected chi connectivity index (χ2v) is 3.63. The molecular weight excluding hydrogens is 174 g/mol. The Morgan fingerprint density at radius 2 is 2.08 bits per heavy atom. The van der Waals surface area contributed by atoms with Crippen LogP contribution >= 0.6 is 11.6 Å². The predicted octanol–water partition coefficient (Wildman–Crippen LogP) is 1.88. The maximum Gasteiger partial charge on any atom is 0.0471 e. The van der Waals surface area contributed by atoms with Gasteiger partial charge < -0.3 is 10.5 Å². The lowest BCUT2D eigenvalue weighted by molar-refractivity contribution is 0.0204. The van der Waals surface area contributed by atoms with E-state index in [4.69, 9.17) is 22.1 Å². The van der Waals surface area contributed by atoms with Gasteiger partial charge in [0.15, 0.2) is 0 Å². The number of halogens is 1. The molecule has 0 aromatic rings. The first-order chi connectivity index (χ1) is 5.83. The number of hydrogen-bond donors (Lipinski definition) is 1. The summed E-state index contributed by atoms with van der Waals surface area (Å²) in [6.07, 6.45) is 5.09. The maximum atomic E-state index is 5.75. The van der Waals surface area contributed by atoms with Gasteiger partial charge in [-0.05, 0) is 31.2 Å². The van der Waals surface area contributed by atoms with Crippen molar-refractivity contribution in [3.63, 3.8) is 0 Å².